The first-order valence-corrected chi connectivity index (χ1v) is 8.46. The lowest BCUT2D eigenvalue weighted by Gasteiger charge is -2.29. The van der Waals surface area contributed by atoms with Crippen LogP contribution in [0.5, 0.6) is 5.75 Å². The van der Waals surface area contributed by atoms with E-state index in [-0.39, 0.29) is 12.4 Å². The van der Waals surface area contributed by atoms with Crippen molar-refractivity contribution in [2.45, 2.75) is 6.61 Å². The number of nitrogens with zero attached hydrogens (tertiary/aromatic N) is 1. The SMILES string of the molecule is Fc1cccc(COc2ccc(C(=S)N3CCOCC3)cc2Cl)c1. The van der Waals surface area contributed by atoms with E-state index in [1.807, 2.05) is 6.07 Å². The van der Waals surface area contributed by atoms with Gasteiger partial charge in [-0.05, 0) is 35.9 Å². The van der Waals surface area contributed by atoms with Gasteiger partial charge >= 0.3 is 0 Å². The standard InChI is InChI=1S/C18H17ClFNO2S/c19-16-11-14(18(24)21-6-8-22-9-7-21)4-5-17(16)23-12-13-2-1-3-15(20)10-13/h1-5,10-11H,6-9,12H2. The molecule has 0 radical (unpaired) electrons. The van der Waals surface area contributed by atoms with E-state index in [4.69, 9.17) is 33.3 Å². The van der Waals surface area contributed by atoms with Crippen LogP contribution in [0.1, 0.15) is 11.1 Å². The summed E-state index contributed by atoms with van der Waals surface area (Å²) in [4.78, 5) is 2.87. The third-order valence-electron chi connectivity index (χ3n) is 3.76. The van der Waals surface area contributed by atoms with Crippen LogP contribution in [-0.2, 0) is 11.3 Å². The molecule has 2 aromatic carbocycles. The highest BCUT2D eigenvalue weighted by Gasteiger charge is 2.16. The molecule has 0 amide bonds. The van der Waals surface area contributed by atoms with Crippen molar-refractivity contribution in [3.05, 3.63) is 64.4 Å². The third-order valence-corrected chi connectivity index (χ3v) is 4.55. The van der Waals surface area contributed by atoms with E-state index in [1.165, 1.54) is 12.1 Å². The van der Waals surface area contributed by atoms with E-state index in [0.29, 0.717) is 24.0 Å². The maximum atomic E-state index is 13.2. The van der Waals surface area contributed by atoms with Gasteiger partial charge in [-0.1, -0.05) is 36.0 Å². The molecule has 0 spiro atoms. The third kappa shape index (κ3) is 4.23. The zero-order valence-electron chi connectivity index (χ0n) is 13.0. The number of thiocarbonyl (C=S) groups is 1. The van der Waals surface area contributed by atoms with Crippen molar-refractivity contribution in [3.63, 3.8) is 0 Å². The Morgan fingerprint density at radius 3 is 2.71 bits per heavy atom. The van der Waals surface area contributed by atoms with Crippen molar-refractivity contribution in [3.8, 4) is 5.75 Å². The molecule has 0 atom stereocenters. The minimum absolute atomic E-state index is 0.255. The molecule has 126 valence electrons. The molecule has 1 aliphatic heterocycles. The van der Waals surface area contributed by atoms with E-state index < -0.39 is 0 Å². The number of halogens is 2. The Kier molecular flexibility index (Phi) is 5.66. The van der Waals surface area contributed by atoms with Crippen LogP contribution in [0.15, 0.2) is 42.5 Å². The minimum atomic E-state index is -0.284. The maximum Gasteiger partial charge on any atom is 0.138 e. The van der Waals surface area contributed by atoms with Crippen LogP contribution in [0.3, 0.4) is 0 Å². The van der Waals surface area contributed by atoms with E-state index in [1.54, 1.807) is 24.3 Å². The molecule has 3 rings (SSSR count). The van der Waals surface area contributed by atoms with Crippen molar-refractivity contribution in [2.24, 2.45) is 0 Å². The van der Waals surface area contributed by atoms with E-state index in [0.717, 1.165) is 29.2 Å². The van der Waals surface area contributed by atoms with Gasteiger partial charge in [0.2, 0.25) is 0 Å². The number of hydrogen-bond acceptors (Lipinski definition) is 3. The van der Waals surface area contributed by atoms with Crippen LogP contribution in [0.2, 0.25) is 5.02 Å². The normalized spacial score (nSPS) is 14.5. The van der Waals surface area contributed by atoms with Crippen LogP contribution in [0.25, 0.3) is 0 Å². The highest BCUT2D eigenvalue weighted by atomic mass is 35.5. The van der Waals surface area contributed by atoms with Gasteiger partial charge in [-0.3, -0.25) is 0 Å². The summed E-state index contributed by atoms with van der Waals surface area (Å²) < 4.78 is 24.2. The largest absolute Gasteiger partial charge is 0.487 e. The first-order chi connectivity index (χ1) is 11.6. The first kappa shape index (κ1) is 17.1. The molecular formula is C18H17ClFNO2S. The summed E-state index contributed by atoms with van der Waals surface area (Å²) in [6.45, 7) is 3.19. The second-order valence-corrected chi connectivity index (χ2v) is 6.26. The molecule has 0 N–H and O–H groups in total. The topological polar surface area (TPSA) is 21.7 Å². The van der Waals surface area contributed by atoms with E-state index >= 15 is 0 Å². The van der Waals surface area contributed by atoms with Gasteiger partial charge in [-0.25, -0.2) is 4.39 Å². The van der Waals surface area contributed by atoms with Crippen molar-refractivity contribution in [1.29, 1.82) is 0 Å². The van der Waals surface area contributed by atoms with Crippen molar-refractivity contribution < 1.29 is 13.9 Å². The lowest BCUT2D eigenvalue weighted by atomic mass is 10.2. The van der Waals surface area contributed by atoms with Crippen LogP contribution in [-0.4, -0.2) is 36.2 Å². The summed E-state index contributed by atoms with van der Waals surface area (Å²) in [7, 11) is 0. The van der Waals surface area contributed by atoms with Crippen molar-refractivity contribution >= 4 is 28.8 Å². The van der Waals surface area contributed by atoms with Gasteiger partial charge in [-0.2, -0.15) is 0 Å². The average molecular weight is 366 g/mol. The number of benzene rings is 2. The summed E-state index contributed by atoms with van der Waals surface area (Å²) in [5.74, 6) is 0.267. The summed E-state index contributed by atoms with van der Waals surface area (Å²) in [6, 6.07) is 11.8. The van der Waals surface area contributed by atoms with Crippen LogP contribution < -0.4 is 4.74 Å². The summed E-state index contributed by atoms with van der Waals surface area (Å²) in [6.07, 6.45) is 0. The summed E-state index contributed by atoms with van der Waals surface area (Å²) in [5, 5.41) is 0.486. The molecule has 2 aromatic rings. The Morgan fingerprint density at radius 2 is 2.00 bits per heavy atom. The summed E-state index contributed by atoms with van der Waals surface area (Å²) >= 11 is 11.8. The predicted molar refractivity (Wildman–Crippen MR) is 96.3 cm³/mol. The Morgan fingerprint density at radius 1 is 1.21 bits per heavy atom. The second-order valence-electron chi connectivity index (χ2n) is 5.47. The molecule has 6 heteroatoms. The van der Waals surface area contributed by atoms with Crippen LogP contribution >= 0.6 is 23.8 Å². The van der Waals surface area contributed by atoms with Gasteiger partial charge in [0.15, 0.2) is 0 Å². The molecular weight excluding hydrogens is 349 g/mol. The number of hydrogen-bond donors (Lipinski definition) is 0. The first-order valence-electron chi connectivity index (χ1n) is 7.67. The van der Waals surface area contributed by atoms with Crippen molar-refractivity contribution in [1.82, 2.24) is 4.90 Å². The summed E-state index contributed by atoms with van der Waals surface area (Å²) in [5.41, 5.74) is 1.63. The van der Waals surface area contributed by atoms with Crippen LogP contribution in [0.4, 0.5) is 4.39 Å². The molecule has 1 heterocycles. The lowest BCUT2D eigenvalue weighted by Crippen LogP contribution is -2.40. The van der Waals surface area contributed by atoms with Crippen LogP contribution in [0, 0.1) is 5.82 Å². The molecule has 24 heavy (non-hydrogen) atoms. The van der Waals surface area contributed by atoms with Gasteiger partial charge < -0.3 is 14.4 Å². The quantitative estimate of drug-likeness (QED) is 0.761. The van der Waals surface area contributed by atoms with Gasteiger partial charge in [-0.15, -0.1) is 0 Å². The van der Waals surface area contributed by atoms with Gasteiger partial charge in [0.25, 0.3) is 0 Å². The highest BCUT2D eigenvalue weighted by Crippen LogP contribution is 2.27. The Labute approximate surface area is 150 Å². The maximum absolute atomic E-state index is 13.2. The molecule has 0 unspecified atom stereocenters. The number of rotatable bonds is 4. The Bertz CT molecular complexity index is 735. The Balaban J connectivity index is 1.67. The molecule has 0 saturated carbocycles. The fourth-order valence-electron chi connectivity index (χ4n) is 2.49. The number of ether oxygens (including phenoxy) is 2. The monoisotopic (exact) mass is 365 g/mol. The predicted octanol–water partition coefficient (Wildman–Crippen LogP) is 4.07. The van der Waals surface area contributed by atoms with Crippen molar-refractivity contribution in [2.75, 3.05) is 26.3 Å². The van der Waals surface area contributed by atoms with Gasteiger partial charge in [0.05, 0.1) is 18.2 Å². The average Bonchev–Trinajstić information content (AvgIpc) is 2.61. The number of morpholine rings is 1. The fourth-order valence-corrected chi connectivity index (χ4v) is 3.03. The minimum Gasteiger partial charge on any atom is -0.487 e. The lowest BCUT2D eigenvalue weighted by molar-refractivity contribution is 0.0693. The van der Waals surface area contributed by atoms with Gasteiger partial charge in [0, 0.05) is 18.7 Å². The molecule has 1 saturated heterocycles. The second kappa shape index (κ2) is 7.92. The highest BCUT2D eigenvalue weighted by molar-refractivity contribution is 7.80. The zero-order chi connectivity index (χ0) is 16.9. The smallest absolute Gasteiger partial charge is 0.138 e. The zero-order valence-corrected chi connectivity index (χ0v) is 14.6. The van der Waals surface area contributed by atoms with E-state index in [9.17, 15) is 4.39 Å². The molecule has 3 nitrogen and oxygen atoms in total. The Hall–Kier alpha value is -1.69. The molecule has 0 aromatic heterocycles. The van der Waals surface area contributed by atoms with E-state index in [2.05, 4.69) is 4.90 Å². The molecule has 0 aliphatic carbocycles. The fraction of sp³-hybridized carbons (Fsp3) is 0.278. The molecule has 0 bridgehead atoms. The molecule has 1 aliphatic rings. The van der Waals surface area contributed by atoms with Gasteiger partial charge in [0.1, 0.15) is 23.2 Å². The molecule has 1 fully saturated rings.